The monoisotopic (exact) mass is 396 g/mol. The summed E-state index contributed by atoms with van der Waals surface area (Å²) in [5.74, 6) is 1.61. The van der Waals surface area contributed by atoms with Crippen molar-refractivity contribution in [3.05, 3.63) is 70.2 Å². The fourth-order valence-electron chi connectivity index (χ4n) is 3.12. The normalized spacial score (nSPS) is 10.6. The molecule has 128 valence electrons. The van der Waals surface area contributed by atoms with Crippen LogP contribution in [0, 0.1) is 13.8 Å². The van der Waals surface area contributed by atoms with E-state index in [0.717, 1.165) is 32.7 Å². The van der Waals surface area contributed by atoms with E-state index in [1.165, 1.54) is 16.7 Å². The first-order chi connectivity index (χ1) is 12.1. The van der Waals surface area contributed by atoms with Gasteiger partial charge in [0.05, 0.1) is 19.8 Å². The topological polar surface area (TPSA) is 18.5 Å². The highest BCUT2D eigenvalue weighted by atomic mass is 79.9. The minimum atomic E-state index is 0.790. The summed E-state index contributed by atoms with van der Waals surface area (Å²) in [5, 5.41) is 0. The largest absolute Gasteiger partial charge is 0.496 e. The molecule has 0 atom stereocenters. The molecule has 0 aromatic heterocycles. The summed E-state index contributed by atoms with van der Waals surface area (Å²) < 4.78 is 12.5. The van der Waals surface area contributed by atoms with E-state index < -0.39 is 0 Å². The molecule has 0 N–H and O–H groups in total. The Kier molecular flexibility index (Phi) is 5.14. The maximum atomic E-state index is 5.88. The van der Waals surface area contributed by atoms with Crippen molar-refractivity contribution >= 4 is 15.9 Å². The maximum absolute atomic E-state index is 5.88. The molecule has 25 heavy (non-hydrogen) atoms. The quantitative estimate of drug-likeness (QED) is 0.506. The Bertz CT molecular complexity index is 916. The summed E-state index contributed by atoms with van der Waals surface area (Å²) in [4.78, 5) is 0. The lowest BCUT2D eigenvalue weighted by Gasteiger charge is -2.19. The molecule has 0 fully saturated rings. The van der Waals surface area contributed by atoms with E-state index in [9.17, 15) is 0 Å². The van der Waals surface area contributed by atoms with Crippen LogP contribution in [0.5, 0.6) is 11.5 Å². The number of halogens is 1. The van der Waals surface area contributed by atoms with Crippen LogP contribution in [-0.2, 0) is 0 Å². The highest BCUT2D eigenvalue weighted by molar-refractivity contribution is 9.10. The van der Waals surface area contributed by atoms with Crippen LogP contribution < -0.4 is 9.47 Å². The maximum Gasteiger partial charge on any atom is 0.138 e. The lowest BCUT2D eigenvalue weighted by molar-refractivity contribution is 0.398. The van der Waals surface area contributed by atoms with Gasteiger partial charge in [-0.1, -0.05) is 52.3 Å². The van der Waals surface area contributed by atoms with Crippen molar-refractivity contribution < 1.29 is 9.47 Å². The van der Waals surface area contributed by atoms with Gasteiger partial charge in [0.1, 0.15) is 11.5 Å². The van der Waals surface area contributed by atoms with Crippen molar-refractivity contribution in [1.29, 1.82) is 0 Å². The number of hydrogen-bond acceptors (Lipinski definition) is 2. The predicted octanol–water partition coefficient (Wildman–Crippen LogP) is 6.42. The first-order valence-corrected chi connectivity index (χ1v) is 8.94. The average molecular weight is 397 g/mol. The second-order valence-electron chi connectivity index (χ2n) is 5.95. The van der Waals surface area contributed by atoms with E-state index in [4.69, 9.17) is 9.47 Å². The molecule has 2 nitrogen and oxygen atoms in total. The lowest BCUT2D eigenvalue weighted by Crippen LogP contribution is -1.98. The van der Waals surface area contributed by atoms with Gasteiger partial charge < -0.3 is 9.47 Å². The summed E-state index contributed by atoms with van der Waals surface area (Å²) in [6.07, 6.45) is 0. The molecule has 3 rings (SSSR count). The molecule has 0 radical (unpaired) electrons. The van der Waals surface area contributed by atoms with Crippen LogP contribution in [-0.4, -0.2) is 14.2 Å². The van der Waals surface area contributed by atoms with E-state index >= 15 is 0 Å². The van der Waals surface area contributed by atoms with Gasteiger partial charge in [0.25, 0.3) is 0 Å². The zero-order chi connectivity index (χ0) is 18.0. The smallest absolute Gasteiger partial charge is 0.138 e. The third-order valence-electron chi connectivity index (χ3n) is 4.58. The Balaban J connectivity index is 2.35. The molecule has 0 spiro atoms. The van der Waals surface area contributed by atoms with Crippen molar-refractivity contribution in [3.63, 3.8) is 0 Å². The van der Waals surface area contributed by atoms with Gasteiger partial charge in [0.15, 0.2) is 0 Å². The third-order valence-corrected chi connectivity index (χ3v) is 5.27. The van der Waals surface area contributed by atoms with Gasteiger partial charge in [-0.2, -0.15) is 0 Å². The number of benzene rings is 3. The van der Waals surface area contributed by atoms with Gasteiger partial charge >= 0.3 is 0 Å². The number of methoxy groups -OCH3 is 2. The minimum Gasteiger partial charge on any atom is -0.496 e. The second kappa shape index (κ2) is 7.32. The van der Waals surface area contributed by atoms with E-state index in [2.05, 4.69) is 60.1 Å². The van der Waals surface area contributed by atoms with Crippen molar-refractivity contribution in [3.8, 4) is 33.8 Å². The minimum absolute atomic E-state index is 0.790. The van der Waals surface area contributed by atoms with Crippen LogP contribution in [0.2, 0.25) is 0 Å². The molecule has 0 aliphatic carbocycles. The molecule has 0 aliphatic heterocycles. The summed E-state index contributed by atoms with van der Waals surface area (Å²) in [7, 11) is 3.40. The summed E-state index contributed by atoms with van der Waals surface area (Å²) in [6, 6.07) is 18.5. The third kappa shape index (κ3) is 3.16. The molecule has 0 heterocycles. The molecule has 0 saturated heterocycles. The molecular formula is C22H21BrO2. The molecule has 0 saturated carbocycles. The molecule has 3 heteroatoms. The van der Waals surface area contributed by atoms with Gasteiger partial charge in [-0.25, -0.2) is 0 Å². The van der Waals surface area contributed by atoms with Gasteiger partial charge in [-0.05, 0) is 48.7 Å². The summed E-state index contributed by atoms with van der Waals surface area (Å²) in [6.45, 7) is 4.27. The lowest BCUT2D eigenvalue weighted by atomic mass is 9.92. The Morgan fingerprint density at radius 1 is 0.720 bits per heavy atom. The van der Waals surface area contributed by atoms with E-state index in [-0.39, 0.29) is 0 Å². The second-order valence-corrected chi connectivity index (χ2v) is 6.81. The fourth-order valence-corrected chi connectivity index (χ4v) is 3.60. The highest BCUT2D eigenvalue weighted by Gasteiger charge is 2.20. The fraction of sp³-hybridized carbons (Fsp3) is 0.182. The first-order valence-electron chi connectivity index (χ1n) is 8.15. The summed E-state index contributed by atoms with van der Waals surface area (Å²) in [5.41, 5.74) is 6.75. The van der Waals surface area contributed by atoms with Crippen LogP contribution in [0.3, 0.4) is 0 Å². The molecule has 0 amide bonds. The van der Waals surface area contributed by atoms with Gasteiger partial charge in [0, 0.05) is 15.6 Å². The zero-order valence-electron chi connectivity index (χ0n) is 14.9. The molecule has 3 aromatic carbocycles. The Morgan fingerprint density at radius 3 is 2.12 bits per heavy atom. The van der Waals surface area contributed by atoms with Gasteiger partial charge in [0.2, 0.25) is 0 Å². The Morgan fingerprint density at radius 2 is 1.44 bits per heavy atom. The van der Waals surface area contributed by atoms with Gasteiger partial charge in [-0.15, -0.1) is 0 Å². The number of rotatable bonds is 4. The van der Waals surface area contributed by atoms with Crippen LogP contribution in [0.4, 0.5) is 0 Å². The van der Waals surface area contributed by atoms with Crippen molar-refractivity contribution in [2.75, 3.05) is 14.2 Å². The predicted molar refractivity (Wildman–Crippen MR) is 108 cm³/mol. The first kappa shape index (κ1) is 17.6. The van der Waals surface area contributed by atoms with Crippen molar-refractivity contribution in [2.24, 2.45) is 0 Å². The van der Waals surface area contributed by atoms with Crippen molar-refractivity contribution in [2.45, 2.75) is 13.8 Å². The zero-order valence-corrected chi connectivity index (χ0v) is 16.5. The summed E-state index contributed by atoms with van der Waals surface area (Å²) >= 11 is 3.66. The van der Waals surface area contributed by atoms with Gasteiger partial charge in [-0.3, -0.25) is 0 Å². The molecule has 0 aliphatic rings. The Labute approximate surface area is 157 Å². The van der Waals surface area contributed by atoms with Crippen LogP contribution in [0.25, 0.3) is 22.3 Å². The van der Waals surface area contributed by atoms with Crippen LogP contribution in [0.15, 0.2) is 59.1 Å². The molecule has 0 unspecified atom stereocenters. The standard InChI is InChI=1S/C22H21BrO2/c1-14-8-7-10-16(15(14)2)17-12-13-20(24-3)21(22(17)25-4)18-9-5-6-11-19(18)23/h5-13H,1-4H3. The SMILES string of the molecule is COc1ccc(-c2cccc(C)c2C)c(OC)c1-c1ccccc1Br. The van der Waals surface area contributed by atoms with E-state index in [1.807, 2.05) is 24.3 Å². The number of aryl methyl sites for hydroxylation is 1. The number of ether oxygens (including phenoxy) is 2. The molecule has 3 aromatic rings. The van der Waals surface area contributed by atoms with E-state index in [1.54, 1.807) is 14.2 Å². The highest BCUT2D eigenvalue weighted by Crippen LogP contribution is 2.47. The van der Waals surface area contributed by atoms with Crippen molar-refractivity contribution in [1.82, 2.24) is 0 Å². The number of hydrogen-bond donors (Lipinski definition) is 0. The molecular weight excluding hydrogens is 376 g/mol. The molecule has 0 bridgehead atoms. The Hall–Kier alpha value is -2.26. The average Bonchev–Trinajstić information content (AvgIpc) is 2.63. The van der Waals surface area contributed by atoms with Crippen LogP contribution in [0.1, 0.15) is 11.1 Å². The van der Waals surface area contributed by atoms with Crippen LogP contribution >= 0.6 is 15.9 Å². The van der Waals surface area contributed by atoms with E-state index in [0.29, 0.717) is 0 Å².